The number of para-hydroxylation sites is 1. The van der Waals surface area contributed by atoms with E-state index in [-0.39, 0.29) is 5.91 Å². The number of aromatic nitrogens is 1. The number of rotatable bonds is 4. The maximum absolute atomic E-state index is 11.9. The molecule has 0 radical (unpaired) electrons. The Morgan fingerprint density at radius 2 is 1.90 bits per heavy atom. The average molecular weight is 408 g/mol. The number of nitrogens with one attached hydrogen (secondary N) is 1. The number of hydrogen-bond donors (Lipinski definition) is 1. The summed E-state index contributed by atoms with van der Waals surface area (Å²) in [6.45, 7) is 0. The predicted molar refractivity (Wildman–Crippen MR) is 95.7 cm³/mol. The second-order valence-electron chi connectivity index (χ2n) is 4.63. The Bertz CT molecular complexity index is 734. The number of amides is 1. The average Bonchev–Trinajstić information content (AvgIpc) is 2.90. The van der Waals surface area contributed by atoms with Gasteiger partial charge in [-0.25, -0.2) is 4.98 Å². The zero-order chi connectivity index (χ0) is 14.7. The lowest BCUT2D eigenvalue weighted by molar-refractivity contribution is -0.116. The highest BCUT2D eigenvalue weighted by Crippen LogP contribution is 2.22. The first-order valence-corrected chi connectivity index (χ1v) is 8.50. The molecular weight excluding hydrogens is 395 g/mol. The molecule has 0 aliphatic rings. The molecule has 1 N–H and O–H groups in total. The summed E-state index contributed by atoms with van der Waals surface area (Å²) in [6.07, 6.45) is 1.13. The summed E-state index contributed by atoms with van der Waals surface area (Å²) in [7, 11) is 0. The van der Waals surface area contributed by atoms with E-state index in [1.165, 1.54) is 4.70 Å². The second kappa shape index (κ2) is 6.53. The fraction of sp³-hybridized carbons (Fsp3) is 0.125. The number of hydrogen-bond acceptors (Lipinski definition) is 3. The van der Waals surface area contributed by atoms with E-state index in [2.05, 4.69) is 39.0 Å². The number of fused-ring (bicyclic) bond motifs is 1. The molecule has 0 saturated carbocycles. The summed E-state index contributed by atoms with van der Waals surface area (Å²) in [5.74, 6) is 0.0236. The summed E-state index contributed by atoms with van der Waals surface area (Å²) >= 11 is 3.90. The number of anilines is 1. The third-order valence-corrected chi connectivity index (χ3v) is 4.85. The fourth-order valence-electron chi connectivity index (χ4n) is 2.00. The van der Waals surface area contributed by atoms with Crippen molar-refractivity contribution in [3.63, 3.8) is 0 Å². The monoisotopic (exact) mass is 408 g/mol. The molecular formula is C16H13IN2OS. The number of thiazole rings is 1. The van der Waals surface area contributed by atoms with Crippen LogP contribution in [-0.4, -0.2) is 10.9 Å². The Kier molecular flexibility index (Phi) is 4.50. The molecule has 106 valence electrons. The van der Waals surface area contributed by atoms with Gasteiger partial charge in [0.15, 0.2) is 0 Å². The molecule has 3 nitrogen and oxygen atoms in total. The second-order valence-corrected chi connectivity index (χ2v) is 6.99. The van der Waals surface area contributed by atoms with Gasteiger partial charge in [0.1, 0.15) is 0 Å². The molecule has 1 aromatic heterocycles. The third kappa shape index (κ3) is 3.79. The van der Waals surface area contributed by atoms with Crippen molar-refractivity contribution in [2.45, 2.75) is 12.8 Å². The van der Waals surface area contributed by atoms with Crippen LogP contribution in [0.25, 0.3) is 10.2 Å². The van der Waals surface area contributed by atoms with Gasteiger partial charge in [-0.2, -0.15) is 0 Å². The Hall–Kier alpha value is -1.47. The highest BCUT2D eigenvalue weighted by Gasteiger charge is 2.07. The summed E-state index contributed by atoms with van der Waals surface area (Å²) in [6, 6.07) is 15.8. The third-order valence-electron chi connectivity index (χ3n) is 3.03. The van der Waals surface area contributed by atoms with Crippen LogP contribution in [-0.2, 0) is 11.2 Å². The fourth-order valence-corrected chi connectivity index (χ4v) is 3.33. The van der Waals surface area contributed by atoms with Crippen molar-refractivity contribution in [2.75, 3.05) is 5.32 Å². The van der Waals surface area contributed by atoms with Crippen LogP contribution >= 0.6 is 33.9 Å². The van der Waals surface area contributed by atoms with Gasteiger partial charge < -0.3 is 5.32 Å². The Morgan fingerprint density at radius 3 is 2.67 bits per heavy atom. The van der Waals surface area contributed by atoms with Gasteiger partial charge in [-0.3, -0.25) is 4.79 Å². The maximum Gasteiger partial charge on any atom is 0.224 e. The first-order valence-electron chi connectivity index (χ1n) is 6.60. The smallest absolute Gasteiger partial charge is 0.224 e. The summed E-state index contributed by atoms with van der Waals surface area (Å²) in [4.78, 5) is 16.5. The van der Waals surface area contributed by atoms with Crippen LogP contribution in [0, 0.1) is 3.57 Å². The van der Waals surface area contributed by atoms with E-state index in [0.29, 0.717) is 12.8 Å². The van der Waals surface area contributed by atoms with Gasteiger partial charge in [-0.1, -0.05) is 12.1 Å². The number of benzene rings is 2. The van der Waals surface area contributed by atoms with Crippen molar-refractivity contribution in [3.8, 4) is 0 Å². The molecule has 0 atom stereocenters. The molecule has 21 heavy (non-hydrogen) atoms. The number of nitrogens with zero attached hydrogens (tertiary/aromatic N) is 1. The van der Waals surface area contributed by atoms with E-state index >= 15 is 0 Å². The van der Waals surface area contributed by atoms with Crippen molar-refractivity contribution >= 4 is 55.7 Å². The largest absolute Gasteiger partial charge is 0.326 e. The van der Waals surface area contributed by atoms with Gasteiger partial charge in [0.05, 0.1) is 15.2 Å². The van der Waals surface area contributed by atoms with Crippen molar-refractivity contribution in [3.05, 3.63) is 57.1 Å². The van der Waals surface area contributed by atoms with Crippen molar-refractivity contribution in [1.29, 1.82) is 0 Å². The lowest BCUT2D eigenvalue weighted by atomic mass is 10.2. The number of halogens is 1. The Labute approximate surface area is 140 Å². The summed E-state index contributed by atoms with van der Waals surface area (Å²) in [5.41, 5.74) is 1.85. The minimum absolute atomic E-state index is 0.0236. The van der Waals surface area contributed by atoms with Crippen LogP contribution < -0.4 is 5.32 Å². The number of carbonyl (C=O) groups excluding carboxylic acids is 1. The van der Waals surface area contributed by atoms with Gasteiger partial charge in [-0.05, 0) is 59.0 Å². The lowest BCUT2D eigenvalue weighted by Gasteiger charge is -2.04. The zero-order valence-electron chi connectivity index (χ0n) is 11.2. The summed E-state index contributed by atoms with van der Waals surface area (Å²) in [5, 5.41) is 3.92. The Morgan fingerprint density at radius 1 is 1.14 bits per heavy atom. The first-order chi connectivity index (χ1) is 10.2. The molecule has 5 heteroatoms. The molecule has 0 spiro atoms. The molecule has 3 rings (SSSR count). The van der Waals surface area contributed by atoms with E-state index < -0.39 is 0 Å². The van der Waals surface area contributed by atoms with E-state index in [1.54, 1.807) is 11.3 Å². The molecule has 2 aromatic carbocycles. The van der Waals surface area contributed by atoms with Gasteiger partial charge in [-0.15, -0.1) is 11.3 Å². The standard InChI is InChI=1S/C16H13IN2OS/c17-11-5-7-12(8-6-11)18-15(20)9-10-16-19-13-3-1-2-4-14(13)21-16/h1-8H,9-10H2,(H,18,20). The number of aryl methyl sites for hydroxylation is 1. The van der Waals surface area contributed by atoms with E-state index in [4.69, 9.17) is 0 Å². The molecule has 0 aliphatic carbocycles. The van der Waals surface area contributed by atoms with Crippen LogP contribution in [0.1, 0.15) is 11.4 Å². The minimum atomic E-state index is 0.0236. The zero-order valence-corrected chi connectivity index (χ0v) is 14.1. The molecule has 0 fully saturated rings. The molecule has 0 bridgehead atoms. The van der Waals surface area contributed by atoms with Crippen molar-refractivity contribution < 1.29 is 4.79 Å². The van der Waals surface area contributed by atoms with Crippen LogP contribution in [0.2, 0.25) is 0 Å². The highest BCUT2D eigenvalue weighted by molar-refractivity contribution is 14.1. The maximum atomic E-state index is 11.9. The van der Waals surface area contributed by atoms with Crippen LogP contribution in [0.15, 0.2) is 48.5 Å². The van der Waals surface area contributed by atoms with E-state index in [0.717, 1.165) is 19.8 Å². The van der Waals surface area contributed by atoms with Gasteiger partial charge >= 0.3 is 0 Å². The molecule has 0 unspecified atom stereocenters. The predicted octanol–water partition coefficient (Wildman–Crippen LogP) is 4.47. The summed E-state index contributed by atoms with van der Waals surface area (Å²) < 4.78 is 2.32. The van der Waals surface area contributed by atoms with Crippen LogP contribution in [0.4, 0.5) is 5.69 Å². The molecule has 0 aliphatic heterocycles. The van der Waals surface area contributed by atoms with Gasteiger partial charge in [0.2, 0.25) is 5.91 Å². The molecule has 3 aromatic rings. The van der Waals surface area contributed by atoms with E-state index in [9.17, 15) is 4.79 Å². The number of carbonyl (C=O) groups is 1. The van der Waals surface area contributed by atoms with Crippen molar-refractivity contribution in [1.82, 2.24) is 4.98 Å². The quantitative estimate of drug-likeness (QED) is 0.648. The first kappa shape index (κ1) is 14.5. The van der Waals surface area contributed by atoms with Crippen LogP contribution in [0.5, 0.6) is 0 Å². The SMILES string of the molecule is O=C(CCc1nc2ccccc2s1)Nc1ccc(I)cc1. The molecule has 1 heterocycles. The van der Waals surface area contributed by atoms with E-state index in [1.807, 2.05) is 42.5 Å². The normalized spacial score (nSPS) is 10.7. The van der Waals surface area contributed by atoms with Crippen molar-refractivity contribution in [2.24, 2.45) is 0 Å². The lowest BCUT2D eigenvalue weighted by Crippen LogP contribution is -2.12. The molecule has 1 amide bonds. The minimum Gasteiger partial charge on any atom is -0.326 e. The topological polar surface area (TPSA) is 42.0 Å². The van der Waals surface area contributed by atoms with Gasteiger partial charge in [0, 0.05) is 22.1 Å². The Balaban J connectivity index is 1.59. The highest BCUT2D eigenvalue weighted by atomic mass is 127. The van der Waals surface area contributed by atoms with Gasteiger partial charge in [0.25, 0.3) is 0 Å². The molecule has 0 saturated heterocycles. The van der Waals surface area contributed by atoms with Crippen LogP contribution in [0.3, 0.4) is 0 Å².